The van der Waals surface area contributed by atoms with E-state index >= 15 is 0 Å². The van der Waals surface area contributed by atoms with Crippen LogP contribution in [0.1, 0.15) is 17.5 Å². The Labute approximate surface area is 130 Å². The predicted octanol–water partition coefficient (Wildman–Crippen LogP) is 0.933. The van der Waals surface area contributed by atoms with E-state index < -0.39 is 0 Å². The monoisotopic (exact) mass is 303 g/mol. The molecule has 1 aliphatic heterocycles. The Bertz CT molecular complexity index is 578. The first kappa shape index (κ1) is 16.0. The van der Waals surface area contributed by atoms with E-state index in [0.717, 1.165) is 23.2 Å². The molecule has 1 saturated heterocycles. The second-order valence-electron chi connectivity index (χ2n) is 5.49. The van der Waals surface area contributed by atoms with Gasteiger partial charge in [-0.2, -0.15) is 0 Å². The van der Waals surface area contributed by atoms with Crippen molar-refractivity contribution in [3.8, 4) is 0 Å². The lowest BCUT2D eigenvalue weighted by Crippen LogP contribution is -2.48. The van der Waals surface area contributed by atoms with Crippen LogP contribution >= 0.6 is 0 Å². The number of aryl methyl sites for hydroxylation is 1. The van der Waals surface area contributed by atoms with E-state index in [9.17, 15) is 14.4 Å². The smallest absolute Gasteiger partial charge is 0.233 e. The average Bonchev–Trinajstić information content (AvgIpc) is 2.52. The van der Waals surface area contributed by atoms with E-state index in [2.05, 4.69) is 5.32 Å². The fraction of sp³-hybridized carbons (Fsp3) is 0.438. The van der Waals surface area contributed by atoms with Crippen LogP contribution in [-0.4, -0.2) is 54.2 Å². The maximum absolute atomic E-state index is 12.1. The molecule has 1 aromatic rings. The molecule has 1 heterocycles. The average molecular weight is 303 g/mol. The fourth-order valence-electron chi connectivity index (χ4n) is 2.41. The van der Waals surface area contributed by atoms with Gasteiger partial charge in [-0.3, -0.25) is 14.4 Å². The molecule has 118 valence electrons. The van der Waals surface area contributed by atoms with Gasteiger partial charge in [0.25, 0.3) is 0 Å². The zero-order chi connectivity index (χ0) is 16.1. The van der Waals surface area contributed by atoms with Crippen LogP contribution in [0.15, 0.2) is 18.2 Å². The molecule has 2 rings (SSSR count). The Hall–Kier alpha value is -2.37. The zero-order valence-corrected chi connectivity index (χ0v) is 13.0. The second kappa shape index (κ2) is 7.06. The van der Waals surface area contributed by atoms with Gasteiger partial charge in [0.1, 0.15) is 6.42 Å². The summed E-state index contributed by atoms with van der Waals surface area (Å²) in [5, 5.41) is 2.79. The third kappa shape index (κ3) is 3.84. The minimum Gasteiger partial charge on any atom is -0.342 e. The Kier molecular flexibility index (Phi) is 5.14. The first-order chi connectivity index (χ1) is 10.5. The highest BCUT2D eigenvalue weighted by molar-refractivity contribution is 6.03. The van der Waals surface area contributed by atoms with E-state index in [1.54, 1.807) is 9.80 Å². The highest BCUT2D eigenvalue weighted by atomic mass is 16.2. The molecule has 0 aromatic heterocycles. The molecule has 0 saturated carbocycles. The molecule has 6 nitrogen and oxygen atoms in total. The number of hydrogen-bond acceptors (Lipinski definition) is 3. The summed E-state index contributed by atoms with van der Waals surface area (Å²) in [5.74, 6) is -0.509. The van der Waals surface area contributed by atoms with Gasteiger partial charge in [-0.25, -0.2) is 0 Å². The number of rotatable bonds is 4. The van der Waals surface area contributed by atoms with Crippen LogP contribution in [0.5, 0.6) is 0 Å². The van der Waals surface area contributed by atoms with Crippen LogP contribution in [0, 0.1) is 13.8 Å². The third-order valence-electron chi connectivity index (χ3n) is 4.01. The number of carbonyl (C=O) groups excluding carboxylic acids is 3. The highest BCUT2D eigenvalue weighted by Crippen LogP contribution is 2.18. The van der Waals surface area contributed by atoms with Crippen molar-refractivity contribution < 1.29 is 14.4 Å². The van der Waals surface area contributed by atoms with Crippen molar-refractivity contribution in [2.45, 2.75) is 20.3 Å². The van der Waals surface area contributed by atoms with E-state index in [1.165, 1.54) is 0 Å². The van der Waals surface area contributed by atoms with Gasteiger partial charge < -0.3 is 15.1 Å². The molecule has 0 spiro atoms. The van der Waals surface area contributed by atoms with Crippen LogP contribution < -0.4 is 5.32 Å². The molecule has 1 aliphatic rings. The first-order valence-electron chi connectivity index (χ1n) is 7.34. The summed E-state index contributed by atoms with van der Waals surface area (Å²) < 4.78 is 0. The number of nitrogens with zero attached hydrogens (tertiary/aromatic N) is 2. The number of carbonyl (C=O) groups is 3. The molecule has 0 aliphatic carbocycles. The second-order valence-corrected chi connectivity index (χ2v) is 5.49. The lowest BCUT2D eigenvalue weighted by Gasteiger charge is -2.32. The number of hydrogen-bond donors (Lipinski definition) is 1. The van der Waals surface area contributed by atoms with Gasteiger partial charge in [-0.15, -0.1) is 0 Å². The summed E-state index contributed by atoms with van der Waals surface area (Å²) in [7, 11) is 0. The summed E-state index contributed by atoms with van der Waals surface area (Å²) in [5.41, 5.74) is 2.83. The minimum absolute atomic E-state index is 0.172. The van der Waals surface area contributed by atoms with Gasteiger partial charge in [0.05, 0.1) is 0 Å². The maximum Gasteiger partial charge on any atom is 0.233 e. The van der Waals surface area contributed by atoms with Crippen molar-refractivity contribution in [3.63, 3.8) is 0 Å². The summed E-state index contributed by atoms with van der Waals surface area (Å²) >= 11 is 0. The molecular weight excluding hydrogens is 282 g/mol. The molecule has 22 heavy (non-hydrogen) atoms. The third-order valence-corrected chi connectivity index (χ3v) is 4.01. The standard InChI is InChI=1S/C16H21N3O3/c1-12-4-3-5-14(13(12)2)17-15(21)10-16(22)19-8-6-18(11-20)7-9-19/h3-5,11H,6-10H2,1-2H3,(H,17,21). The van der Waals surface area contributed by atoms with E-state index in [0.29, 0.717) is 26.2 Å². The molecule has 6 heteroatoms. The van der Waals surface area contributed by atoms with Crippen molar-refractivity contribution in [1.82, 2.24) is 9.80 Å². The minimum atomic E-state index is -0.309. The van der Waals surface area contributed by atoms with Crippen molar-refractivity contribution in [2.75, 3.05) is 31.5 Å². The number of amides is 3. The Morgan fingerprint density at radius 3 is 2.50 bits per heavy atom. The lowest BCUT2D eigenvalue weighted by atomic mass is 10.1. The van der Waals surface area contributed by atoms with Crippen molar-refractivity contribution in [2.24, 2.45) is 0 Å². The molecule has 1 aromatic carbocycles. The van der Waals surface area contributed by atoms with Crippen LogP contribution in [0.4, 0.5) is 5.69 Å². The van der Waals surface area contributed by atoms with Gasteiger partial charge in [0, 0.05) is 31.9 Å². The SMILES string of the molecule is Cc1cccc(NC(=O)CC(=O)N2CCN(C=O)CC2)c1C. The van der Waals surface area contributed by atoms with Gasteiger partial charge in [0.2, 0.25) is 18.2 Å². The number of nitrogens with one attached hydrogen (secondary N) is 1. The van der Waals surface area contributed by atoms with Crippen LogP contribution in [0.3, 0.4) is 0 Å². The van der Waals surface area contributed by atoms with E-state index in [-0.39, 0.29) is 18.2 Å². The number of anilines is 1. The zero-order valence-electron chi connectivity index (χ0n) is 13.0. The highest BCUT2D eigenvalue weighted by Gasteiger charge is 2.22. The lowest BCUT2D eigenvalue weighted by molar-refractivity contribution is -0.137. The van der Waals surface area contributed by atoms with Gasteiger partial charge in [-0.1, -0.05) is 12.1 Å². The number of piperazine rings is 1. The molecule has 1 fully saturated rings. The van der Waals surface area contributed by atoms with Gasteiger partial charge in [-0.05, 0) is 31.0 Å². The largest absolute Gasteiger partial charge is 0.342 e. The van der Waals surface area contributed by atoms with Crippen molar-refractivity contribution in [3.05, 3.63) is 29.3 Å². The fourth-order valence-corrected chi connectivity index (χ4v) is 2.41. The van der Waals surface area contributed by atoms with Crippen molar-refractivity contribution >= 4 is 23.9 Å². The van der Waals surface area contributed by atoms with Crippen LogP contribution in [0.2, 0.25) is 0 Å². The predicted molar refractivity (Wildman–Crippen MR) is 83.4 cm³/mol. The normalized spacial score (nSPS) is 14.6. The summed E-state index contributed by atoms with van der Waals surface area (Å²) in [6.45, 7) is 5.92. The Morgan fingerprint density at radius 1 is 1.18 bits per heavy atom. The molecule has 0 bridgehead atoms. The van der Waals surface area contributed by atoms with Crippen molar-refractivity contribution in [1.29, 1.82) is 0 Å². The molecular formula is C16H21N3O3. The maximum atomic E-state index is 12.1. The first-order valence-corrected chi connectivity index (χ1v) is 7.34. The Balaban J connectivity index is 1.88. The molecule has 0 unspecified atom stereocenters. The number of benzene rings is 1. The van der Waals surface area contributed by atoms with E-state index in [1.807, 2.05) is 32.0 Å². The van der Waals surface area contributed by atoms with E-state index in [4.69, 9.17) is 0 Å². The summed E-state index contributed by atoms with van der Waals surface area (Å²) in [6, 6.07) is 5.68. The quantitative estimate of drug-likeness (QED) is 0.664. The van der Waals surface area contributed by atoms with Crippen LogP contribution in [-0.2, 0) is 14.4 Å². The topological polar surface area (TPSA) is 69.7 Å². The molecule has 0 atom stereocenters. The van der Waals surface area contributed by atoms with Crippen LogP contribution in [0.25, 0.3) is 0 Å². The molecule has 0 radical (unpaired) electrons. The Morgan fingerprint density at radius 2 is 1.86 bits per heavy atom. The molecule has 1 N–H and O–H groups in total. The van der Waals surface area contributed by atoms with Gasteiger partial charge >= 0.3 is 0 Å². The molecule has 3 amide bonds. The van der Waals surface area contributed by atoms with Gasteiger partial charge in [0.15, 0.2) is 0 Å². The summed E-state index contributed by atoms with van der Waals surface area (Å²) in [6.07, 6.45) is 0.615. The summed E-state index contributed by atoms with van der Waals surface area (Å²) in [4.78, 5) is 38.0.